The number of pyridine rings is 1. The fraction of sp³-hybridized carbons (Fsp3) is 0.348. The number of hydrogen-bond acceptors (Lipinski definition) is 5. The Kier molecular flexibility index (Phi) is 5.11. The number of aromatic nitrogens is 4. The number of β-amino-alcohol motifs (C(OH)–C–C–N with tert-alkyl or cyclic N) is 1. The smallest absolute Gasteiger partial charge is 0.256 e. The third-order valence-electron chi connectivity index (χ3n) is 5.83. The van der Waals surface area contributed by atoms with Crippen molar-refractivity contribution in [2.75, 3.05) is 13.1 Å². The first-order valence-electron chi connectivity index (χ1n) is 10.5. The lowest BCUT2D eigenvalue weighted by atomic mass is 10.1. The minimum Gasteiger partial charge on any atom is -0.391 e. The second kappa shape index (κ2) is 7.94. The lowest BCUT2D eigenvalue weighted by Crippen LogP contribution is -2.42. The van der Waals surface area contributed by atoms with Crippen molar-refractivity contribution in [2.45, 2.75) is 39.3 Å². The first kappa shape index (κ1) is 20.0. The lowest BCUT2D eigenvalue weighted by Gasteiger charge is -2.30. The van der Waals surface area contributed by atoms with E-state index in [1.165, 1.54) is 0 Å². The molecule has 0 saturated carbocycles. The van der Waals surface area contributed by atoms with Crippen LogP contribution in [0.25, 0.3) is 16.9 Å². The lowest BCUT2D eigenvalue weighted by molar-refractivity contribution is 0.0475. The second-order valence-electron chi connectivity index (χ2n) is 8.11. The van der Waals surface area contributed by atoms with Gasteiger partial charge >= 0.3 is 0 Å². The van der Waals surface area contributed by atoms with Gasteiger partial charge in [-0.25, -0.2) is 9.97 Å². The third kappa shape index (κ3) is 3.77. The highest BCUT2D eigenvalue weighted by molar-refractivity contribution is 7.09. The van der Waals surface area contributed by atoms with Crippen molar-refractivity contribution in [3.8, 4) is 11.4 Å². The van der Waals surface area contributed by atoms with Gasteiger partial charge in [-0.1, -0.05) is 6.07 Å². The SMILES string of the molecule is Cc1nc(Cn2cc(-c3cc(C(=O)N4CCC[C@@H](O)C4)c4ccccn34)nc2C)cs1. The Labute approximate surface area is 184 Å². The van der Waals surface area contributed by atoms with Crippen LogP contribution in [0.3, 0.4) is 0 Å². The van der Waals surface area contributed by atoms with Crippen molar-refractivity contribution in [3.63, 3.8) is 0 Å². The number of likely N-dealkylation sites (tertiary alicyclic amines) is 1. The van der Waals surface area contributed by atoms with E-state index in [0.29, 0.717) is 25.2 Å². The van der Waals surface area contributed by atoms with Crippen LogP contribution in [0.15, 0.2) is 42.0 Å². The number of aryl methyl sites for hydroxylation is 2. The van der Waals surface area contributed by atoms with E-state index >= 15 is 0 Å². The molecule has 1 fully saturated rings. The maximum atomic E-state index is 13.3. The van der Waals surface area contributed by atoms with Crippen molar-refractivity contribution < 1.29 is 9.90 Å². The van der Waals surface area contributed by atoms with Crippen LogP contribution in [-0.4, -0.2) is 54.0 Å². The molecule has 7 nitrogen and oxygen atoms in total. The Bertz CT molecular complexity index is 1250. The van der Waals surface area contributed by atoms with Gasteiger partial charge in [0.1, 0.15) is 11.5 Å². The van der Waals surface area contributed by atoms with Crippen molar-refractivity contribution in [1.82, 2.24) is 23.8 Å². The van der Waals surface area contributed by atoms with Gasteiger partial charge in [0.25, 0.3) is 5.91 Å². The van der Waals surface area contributed by atoms with E-state index in [1.54, 1.807) is 16.2 Å². The quantitative estimate of drug-likeness (QED) is 0.532. The summed E-state index contributed by atoms with van der Waals surface area (Å²) in [5.74, 6) is 0.862. The molecule has 1 N–H and O–H groups in total. The highest BCUT2D eigenvalue weighted by Gasteiger charge is 2.26. The zero-order valence-corrected chi connectivity index (χ0v) is 18.5. The molecule has 0 unspecified atom stereocenters. The fourth-order valence-corrected chi connectivity index (χ4v) is 4.88. The molecule has 1 aliphatic rings. The van der Waals surface area contributed by atoms with Crippen molar-refractivity contribution >= 4 is 22.8 Å². The number of rotatable bonds is 4. The summed E-state index contributed by atoms with van der Waals surface area (Å²) in [5.41, 5.74) is 4.22. The normalized spacial score (nSPS) is 16.9. The summed E-state index contributed by atoms with van der Waals surface area (Å²) in [4.78, 5) is 24.4. The molecule has 5 heterocycles. The van der Waals surface area contributed by atoms with Crippen LogP contribution >= 0.6 is 11.3 Å². The Hall–Kier alpha value is -2.97. The van der Waals surface area contributed by atoms with E-state index in [-0.39, 0.29) is 5.91 Å². The average molecular weight is 436 g/mol. The summed E-state index contributed by atoms with van der Waals surface area (Å²) in [5, 5.41) is 13.1. The molecular formula is C23H25N5O2S. The molecule has 4 aromatic heterocycles. The van der Waals surface area contributed by atoms with E-state index in [4.69, 9.17) is 4.98 Å². The number of carbonyl (C=O) groups excluding carboxylic acids is 1. The summed E-state index contributed by atoms with van der Waals surface area (Å²) < 4.78 is 4.11. The van der Waals surface area contributed by atoms with Crippen LogP contribution in [0.5, 0.6) is 0 Å². The topological polar surface area (TPSA) is 75.7 Å². The molecule has 8 heteroatoms. The first-order valence-corrected chi connectivity index (χ1v) is 11.4. The molecule has 1 saturated heterocycles. The van der Waals surface area contributed by atoms with Crippen LogP contribution in [0.1, 0.15) is 39.7 Å². The standard InChI is InChI=1S/C23H25N5O2S/c1-15-24-20(13-27(15)11-17-14-31-16(2)25-17)22-10-19(21-7-3-4-9-28(21)22)23(30)26-8-5-6-18(29)12-26/h3-4,7,9-10,13-14,18,29H,5-6,8,11-12H2,1-2H3/t18-/m1/s1. The van der Waals surface area contributed by atoms with Crippen LogP contribution in [0, 0.1) is 13.8 Å². The average Bonchev–Trinajstić information content (AvgIpc) is 3.45. The van der Waals surface area contributed by atoms with Gasteiger partial charge in [-0.05, 0) is 44.9 Å². The molecular weight excluding hydrogens is 410 g/mol. The Morgan fingerprint density at radius 2 is 2.16 bits per heavy atom. The molecule has 0 bridgehead atoms. The van der Waals surface area contributed by atoms with E-state index < -0.39 is 6.10 Å². The number of fused-ring (bicyclic) bond motifs is 1. The Balaban J connectivity index is 1.52. The molecule has 0 aliphatic carbocycles. The number of amides is 1. The minimum atomic E-state index is -0.446. The monoisotopic (exact) mass is 435 g/mol. The summed E-state index contributed by atoms with van der Waals surface area (Å²) in [6, 6.07) is 7.78. The molecule has 31 heavy (non-hydrogen) atoms. The summed E-state index contributed by atoms with van der Waals surface area (Å²) >= 11 is 1.65. The van der Waals surface area contributed by atoms with Crippen molar-refractivity contribution in [1.29, 1.82) is 0 Å². The predicted octanol–water partition coefficient (Wildman–Crippen LogP) is 3.52. The predicted molar refractivity (Wildman–Crippen MR) is 120 cm³/mol. The van der Waals surface area contributed by atoms with Gasteiger partial charge in [0.2, 0.25) is 0 Å². The van der Waals surface area contributed by atoms with Gasteiger partial charge in [-0.15, -0.1) is 11.3 Å². The van der Waals surface area contributed by atoms with Crippen molar-refractivity contribution in [3.05, 3.63) is 64.1 Å². The molecule has 0 aromatic carbocycles. The Morgan fingerprint density at radius 3 is 2.94 bits per heavy atom. The summed E-state index contributed by atoms with van der Waals surface area (Å²) in [7, 11) is 0. The highest BCUT2D eigenvalue weighted by atomic mass is 32.1. The van der Waals surface area contributed by atoms with Crippen molar-refractivity contribution in [2.24, 2.45) is 0 Å². The number of aliphatic hydroxyl groups excluding tert-OH is 1. The highest BCUT2D eigenvalue weighted by Crippen LogP contribution is 2.28. The zero-order valence-electron chi connectivity index (χ0n) is 17.7. The van der Waals surface area contributed by atoms with E-state index in [9.17, 15) is 9.90 Å². The molecule has 1 amide bonds. The second-order valence-corrected chi connectivity index (χ2v) is 9.17. The number of piperidine rings is 1. The van der Waals surface area contributed by atoms with Crippen LogP contribution < -0.4 is 0 Å². The number of imidazole rings is 1. The van der Waals surface area contributed by atoms with Crippen LogP contribution in [-0.2, 0) is 6.54 Å². The molecule has 0 radical (unpaired) electrons. The number of hydrogen-bond donors (Lipinski definition) is 1. The number of aliphatic hydroxyl groups is 1. The zero-order chi connectivity index (χ0) is 21.5. The maximum Gasteiger partial charge on any atom is 0.256 e. The molecule has 1 atom stereocenters. The van der Waals surface area contributed by atoms with E-state index in [2.05, 4.69) is 14.9 Å². The molecule has 160 valence electrons. The molecule has 5 rings (SSSR count). The number of thiazole rings is 1. The summed E-state index contributed by atoms with van der Waals surface area (Å²) in [6.45, 7) is 5.73. The van der Waals surface area contributed by atoms with Crippen LogP contribution in [0.4, 0.5) is 0 Å². The largest absolute Gasteiger partial charge is 0.391 e. The van der Waals surface area contributed by atoms with Gasteiger partial charge in [-0.2, -0.15) is 0 Å². The Morgan fingerprint density at radius 1 is 1.29 bits per heavy atom. The maximum absolute atomic E-state index is 13.3. The van der Waals surface area contributed by atoms with Gasteiger partial charge in [-0.3, -0.25) is 4.79 Å². The van der Waals surface area contributed by atoms with Gasteiger partial charge < -0.3 is 19.0 Å². The first-order chi connectivity index (χ1) is 15.0. The fourth-order valence-electron chi connectivity index (χ4n) is 4.28. The van der Waals surface area contributed by atoms with E-state index in [1.807, 2.05) is 54.9 Å². The van der Waals surface area contributed by atoms with Gasteiger partial charge in [0.05, 0.1) is 40.1 Å². The number of nitrogens with zero attached hydrogens (tertiary/aromatic N) is 5. The molecule has 1 aliphatic heterocycles. The molecule has 0 spiro atoms. The van der Waals surface area contributed by atoms with Crippen LogP contribution in [0.2, 0.25) is 0 Å². The summed E-state index contributed by atoms with van der Waals surface area (Å²) in [6.07, 6.45) is 5.12. The van der Waals surface area contributed by atoms with Gasteiger partial charge in [0, 0.05) is 30.9 Å². The minimum absolute atomic E-state index is 0.0391. The third-order valence-corrected chi connectivity index (χ3v) is 6.65. The van der Waals surface area contributed by atoms with Gasteiger partial charge in [0.15, 0.2) is 0 Å². The van der Waals surface area contributed by atoms with E-state index in [0.717, 1.165) is 46.3 Å². The molecule has 4 aromatic rings. The number of carbonyl (C=O) groups is 1.